The van der Waals surface area contributed by atoms with E-state index in [-0.39, 0.29) is 24.7 Å². The van der Waals surface area contributed by atoms with E-state index in [0.717, 1.165) is 23.2 Å². The summed E-state index contributed by atoms with van der Waals surface area (Å²) in [6.45, 7) is 3.35. The number of pyridine rings is 4. The average Bonchev–Trinajstić information content (AvgIpc) is 4.04. The molecule has 0 bridgehead atoms. The van der Waals surface area contributed by atoms with Gasteiger partial charge in [0.15, 0.2) is 0 Å². The van der Waals surface area contributed by atoms with Crippen LogP contribution in [0.3, 0.4) is 0 Å². The van der Waals surface area contributed by atoms with Crippen molar-refractivity contribution in [2.45, 2.75) is 39.0 Å². The van der Waals surface area contributed by atoms with Crippen molar-refractivity contribution in [3.8, 4) is 22.3 Å². The molecule has 2 fully saturated rings. The van der Waals surface area contributed by atoms with Crippen LogP contribution in [-0.4, -0.2) is 44.1 Å². The van der Waals surface area contributed by atoms with E-state index < -0.39 is 35.8 Å². The minimum atomic E-state index is -1.07. The molecule has 0 saturated heterocycles. The van der Waals surface area contributed by atoms with Crippen molar-refractivity contribution in [3.63, 3.8) is 0 Å². The van der Waals surface area contributed by atoms with Gasteiger partial charge in [-0.25, -0.2) is 27.5 Å². The first-order chi connectivity index (χ1) is 24.9. The molecule has 6 aromatic rings. The second kappa shape index (κ2) is 13.5. The fourth-order valence-corrected chi connectivity index (χ4v) is 5.91. The zero-order valence-electron chi connectivity index (χ0n) is 27.9. The molecule has 0 spiro atoms. The van der Waals surface area contributed by atoms with E-state index in [1.54, 1.807) is 62.9 Å². The highest BCUT2D eigenvalue weighted by Gasteiger charge is 2.44. The summed E-state index contributed by atoms with van der Waals surface area (Å²) in [4.78, 5) is 39.9. The summed E-state index contributed by atoms with van der Waals surface area (Å²) >= 11 is 0. The molecule has 2 aliphatic carbocycles. The number of nitrogens with one attached hydrogen (secondary N) is 2. The standard InChI is InChI=1S/2C19H16F2N4O/c2*1-9-13(6-23-8-16(9)21)10-2-11-4-18(24-7-14(11)17(22)3-10)25-19(26)12-5-15(12)20/h2*2-4,6-8,12,15H,5,22H2,1H3,(H,24,25,26)/t2*12-,15+/m10/s1. The highest BCUT2D eigenvalue weighted by Crippen LogP contribution is 2.37. The Kier molecular flexibility index (Phi) is 8.90. The summed E-state index contributed by atoms with van der Waals surface area (Å²) in [6, 6.07) is 10.5. The van der Waals surface area contributed by atoms with Crippen LogP contribution in [0.4, 0.5) is 40.6 Å². The number of halogens is 4. The number of fused-ring (bicyclic) bond motifs is 2. The third-order valence-electron chi connectivity index (χ3n) is 9.27. The maximum atomic E-state index is 13.8. The first kappa shape index (κ1) is 34.3. The van der Waals surface area contributed by atoms with Crippen molar-refractivity contribution in [3.05, 3.63) is 96.3 Å². The fourth-order valence-electron chi connectivity index (χ4n) is 5.91. The molecule has 0 aliphatic heterocycles. The summed E-state index contributed by atoms with van der Waals surface area (Å²) in [5, 5.41) is 8.14. The Labute approximate surface area is 294 Å². The lowest BCUT2D eigenvalue weighted by atomic mass is 9.99. The minimum Gasteiger partial charge on any atom is -0.398 e. The third kappa shape index (κ3) is 6.91. The fraction of sp³-hybridized carbons (Fsp3) is 0.211. The molecule has 2 aromatic carbocycles. The van der Waals surface area contributed by atoms with Gasteiger partial charge in [0.2, 0.25) is 11.8 Å². The van der Waals surface area contributed by atoms with E-state index in [1.165, 1.54) is 0 Å². The molecule has 264 valence electrons. The van der Waals surface area contributed by atoms with Gasteiger partial charge in [0.05, 0.1) is 24.2 Å². The van der Waals surface area contributed by atoms with Crippen LogP contribution in [-0.2, 0) is 9.59 Å². The van der Waals surface area contributed by atoms with Gasteiger partial charge in [0.1, 0.15) is 35.6 Å². The van der Waals surface area contributed by atoms with Gasteiger partial charge in [-0.3, -0.25) is 19.6 Å². The highest BCUT2D eigenvalue weighted by molar-refractivity contribution is 6.01. The second-order valence-electron chi connectivity index (χ2n) is 13.0. The third-order valence-corrected chi connectivity index (χ3v) is 9.27. The second-order valence-corrected chi connectivity index (χ2v) is 13.0. The Morgan fingerprint density at radius 1 is 0.635 bits per heavy atom. The number of hydrogen-bond acceptors (Lipinski definition) is 8. The predicted octanol–water partition coefficient (Wildman–Crippen LogP) is 7.25. The maximum Gasteiger partial charge on any atom is 0.231 e. The summed E-state index contributed by atoms with van der Waals surface area (Å²) in [5.74, 6) is -2.07. The monoisotopic (exact) mass is 708 g/mol. The lowest BCUT2D eigenvalue weighted by Gasteiger charge is -2.11. The smallest absolute Gasteiger partial charge is 0.231 e. The summed E-state index contributed by atoms with van der Waals surface area (Å²) in [5.41, 5.74) is 16.9. The topological polar surface area (TPSA) is 162 Å². The van der Waals surface area contributed by atoms with Crippen LogP contribution in [0.1, 0.15) is 24.0 Å². The number of amides is 2. The number of anilines is 4. The van der Waals surface area contributed by atoms with E-state index in [9.17, 15) is 27.2 Å². The average molecular weight is 709 g/mol. The van der Waals surface area contributed by atoms with E-state index >= 15 is 0 Å². The molecule has 52 heavy (non-hydrogen) atoms. The summed E-state index contributed by atoms with van der Waals surface area (Å²) in [7, 11) is 0. The number of rotatable bonds is 6. The lowest BCUT2D eigenvalue weighted by Crippen LogP contribution is -2.15. The number of nitrogens with zero attached hydrogens (tertiary/aromatic N) is 4. The number of nitrogens with two attached hydrogens (primary N) is 2. The van der Waals surface area contributed by atoms with Gasteiger partial charge >= 0.3 is 0 Å². The zero-order valence-corrected chi connectivity index (χ0v) is 27.9. The minimum absolute atomic E-state index is 0.252. The van der Waals surface area contributed by atoms with Crippen molar-refractivity contribution in [2.75, 3.05) is 22.1 Å². The van der Waals surface area contributed by atoms with Crippen LogP contribution in [0, 0.1) is 37.3 Å². The van der Waals surface area contributed by atoms with Gasteiger partial charge < -0.3 is 22.1 Å². The Morgan fingerprint density at radius 2 is 1.02 bits per heavy atom. The van der Waals surface area contributed by atoms with Gasteiger partial charge in [-0.2, -0.15) is 0 Å². The first-order valence-corrected chi connectivity index (χ1v) is 16.4. The Hall–Kier alpha value is -6.18. The summed E-state index contributed by atoms with van der Waals surface area (Å²) in [6.07, 6.45) is 6.97. The predicted molar refractivity (Wildman–Crippen MR) is 191 cm³/mol. The number of carbonyl (C=O) groups excluding carboxylic acids is 2. The van der Waals surface area contributed by atoms with E-state index in [4.69, 9.17) is 11.5 Å². The van der Waals surface area contributed by atoms with E-state index in [1.807, 2.05) is 12.1 Å². The SMILES string of the molecule is Cc1c(F)cncc1-c1cc(N)c2cnc(NC(=O)[C@@H]3C[C@@H]3F)cc2c1.Cc1c(F)cncc1-c1cc(N)c2cnc(NC(=O)[C@H]3C[C@H]3F)cc2c1. The molecule has 0 unspecified atom stereocenters. The quantitative estimate of drug-likeness (QED) is 0.104. The molecule has 2 aliphatic rings. The van der Waals surface area contributed by atoms with Crippen molar-refractivity contribution in [1.82, 2.24) is 19.9 Å². The van der Waals surface area contributed by atoms with Crippen molar-refractivity contribution in [2.24, 2.45) is 11.8 Å². The number of aromatic nitrogens is 4. The van der Waals surface area contributed by atoms with E-state index in [2.05, 4.69) is 30.6 Å². The van der Waals surface area contributed by atoms with Gasteiger partial charge in [0.25, 0.3) is 0 Å². The van der Waals surface area contributed by atoms with Gasteiger partial charge in [-0.05, 0) is 96.1 Å². The van der Waals surface area contributed by atoms with Crippen molar-refractivity contribution < 1.29 is 27.2 Å². The van der Waals surface area contributed by atoms with Crippen LogP contribution in [0.5, 0.6) is 0 Å². The first-order valence-electron chi connectivity index (χ1n) is 16.4. The molecule has 4 aromatic heterocycles. The van der Waals surface area contributed by atoms with Gasteiger partial charge in [0, 0.05) is 58.1 Å². The molecule has 8 rings (SSSR count). The number of carbonyl (C=O) groups is 2. The Balaban J connectivity index is 0.000000162. The lowest BCUT2D eigenvalue weighted by molar-refractivity contribution is -0.118. The zero-order chi connectivity index (χ0) is 36.8. The number of nitrogen functional groups attached to an aromatic ring is 2. The molecule has 10 nitrogen and oxygen atoms in total. The molecule has 2 saturated carbocycles. The van der Waals surface area contributed by atoms with Crippen molar-refractivity contribution >= 4 is 56.4 Å². The molecule has 2 amide bonds. The number of hydrogen-bond donors (Lipinski definition) is 4. The molecule has 4 atom stereocenters. The van der Waals surface area contributed by atoms with Crippen LogP contribution < -0.4 is 22.1 Å². The molecule has 0 radical (unpaired) electrons. The van der Waals surface area contributed by atoms with Crippen molar-refractivity contribution in [1.29, 1.82) is 0 Å². The molecule has 14 heteroatoms. The summed E-state index contributed by atoms with van der Waals surface area (Å²) < 4.78 is 53.7. The van der Waals surface area contributed by atoms with E-state index in [0.29, 0.717) is 67.2 Å². The highest BCUT2D eigenvalue weighted by atomic mass is 19.1. The largest absolute Gasteiger partial charge is 0.398 e. The van der Waals surface area contributed by atoms with Crippen LogP contribution in [0.15, 0.2) is 73.6 Å². The Bertz CT molecular complexity index is 2240. The van der Waals surface area contributed by atoms with Crippen LogP contribution in [0.25, 0.3) is 43.8 Å². The van der Waals surface area contributed by atoms with Crippen LogP contribution in [0.2, 0.25) is 0 Å². The maximum absolute atomic E-state index is 13.8. The molecular weight excluding hydrogens is 676 g/mol. The number of alkyl halides is 2. The molecule has 6 N–H and O–H groups in total. The van der Waals surface area contributed by atoms with Gasteiger partial charge in [-0.15, -0.1) is 0 Å². The van der Waals surface area contributed by atoms with Crippen LogP contribution >= 0.6 is 0 Å². The van der Waals surface area contributed by atoms with Gasteiger partial charge in [-0.1, -0.05) is 0 Å². The normalized spacial score (nSPS) is 18.7. The Morgan fingerprint density at radius 3 is 1.38 bits per heavy atom. The number of benzene rings is 2. The molecule has 4 heterocycles. The molecular formula is C38H32F4N8O2.